The van der Waals surface area contributed by atoms with Crippen LogP contribution in [0.5, 0.6) is 0 Å². The first-order valence-electron chi connectivity index (χ1n) is 14.9. The third-order valence-electron chi connectivity index (χ3n) is 12.0. The molecule has 0 spiro atoms. The summed E-state index contributed by atoms with van der Waals surface area (Å²) in [7, 11) is -5.07. The second-order valence-electron chi connectivity index (χ2n) is 14.2. The van der Waals surface area contributed by atoms with Gasteiger partial charge in [0.1, 0.15) is 6.10 Å². The number of esters is 1. The number of rotatable bonds is 7. The van der Waals surface area contributed by atoms with E-state index in [0.29, 0.717) is 54.6 Å². The zero-order valence-corrected chi connectivity index (χ0v) is 25.3. The van der Waals surface area contributed by atoms with Gasteiger partial charge in [-0.25, -0.2) is 8.42 Å². The van der Waals surface area contributed by atoms with Gasteiger partial charge in [0.05, 0.1) is 18.3 Å². The third-order valence-corrected chi connectivity index (χ3v) is 12.5. The smallest absolute Gasteiger partial charge is 0.303 e. The summed E-state index contributed by atoms with van der Waals surface area (Å²) in [6, 6.07) is 0. The normalized spacial score (nSPS) is 46.9. The molecule has 0 amide bonds. The van der Waals surface area contributed by atoms with Gasteiger partial charge >= 0.3 is 5.97 Å². The predicted octanol–water partition coefficient (Wildman–Crippen LogP) is 4.62. The molecule has 0 aromatic carbocycles. The molecule has 0 aromatic heterocycles. The molecule has 0 aromatic rings. The molecule has 222 valence electrons. The van der Waals surface area contributed by atoms with Crippen LogP contribution in [0.3, 0.4) is 0 Å². The van der Waals surface area contributed by atoms with Gasteiger partial charge in [-0.05, 0) is 90.8 Å². The first-order valence-corrected chi connectivity index (χ1v) is 16.3. The number of aliphatic hydroxyl groups is 1. The van der Waals surface area contributed by atoms with Crippen molar-refractivity contribution in [3.63, 3.8) is 0 Å². The summed E-state index contributed by atoms with van der Waals surface area (Å²) >= 11 is 0. The van der Waals surface area contributed by atoms with Crippen LogP contribution < -0.4 is 0 Å². The number of epoxide rings is 1. The first-order chi connectivity index (χ1) is 18.1. The van der Waals surface area contributed by atoms with E-state index in [1.165, 1.54) is 18.9 Å². The zero-order chi connectivity index (χ0) is 28.7. The molecule has 0 bridgehead atoms. The van der Waals surface area contributed by atoms with Gasteiger partial charge in [-0.1, -0.05) is 53.2 Å². The fraction of sp³-hybridized carbons (Fsp3) is 0.900. The Labute approximate surface area is 234 Å². The van der Waals surface area contributed by atoms with Crippen molar-refractivity contribution in [2.24, 2.45) is 52.3 Å². The number of aliphatic hydroxyl groups excluding tert-OH is 1. The van der Waals surface area contributed by atoms with E-state index in [1.54, 1.807) is 0 Å². The quantitative estimate of drug-likeness (QED) is 0.155. The number of hydrogen-bond donors (Lipinski definition) is 1. The van der Waals surface area contributed by atoms with Crippen LogP contribution in [0.4, 0.5) is 0 Å². The van der Waals surface area contributed by atoms with E-state index in [2.05, 4.69) is 47.6 Å². The molecule has 5 aliphatic rings. The molecule has 8 nitrogen and oxygen atoms in total. The van der Waals surface area contributed by atoms with Crippen LogP contribution in [0.25, 0.3) is 0 Å². The van der Waals surface area contributed by atoms with E-state index in [4.69, 9.17) is 13.7 Å². The predicted molar refractivity (Wildman–Crippen MR) is 144 cm³/mol. The third kappa shape index (κ3) is 5.02. The lowest BCUT2D eigenvalue weighted by Crippen LogP contribution is -2.61. The summed E-state index contributed by atoms with van der Waals surface area (Å²) in [6.07, 6.45) is 4.63. The Bertz CT molecular complexity index is 1100. The molecule has 5 rings (SSSR count). The minimum atomic E-state index is -5.07. The van der Waals surface area contributed by atoms with Crippen molar-refractivity contribution in [2.75, 3.05) is 0 Å². The molecule has 1 saturated heterocycles. The lowest BCUT2D eigenvalue weighted by Gasteiger charge is -2.60. The van der Waals surface area contributed by atoms with Gasteiger partial charge in [-0.15, -0.1) is 0 Å². The van der Waals surface area contributed by atoms with Crippen molar-refractivity contribution in [1.82, 2.24) is 0 Å². The van der Waals surface area contributed by atoms with Gasteiger partial charge in [0.2, 0.25) is 10.4 Å². The van der Waals surface area contributed by atoms with E-state index < -0.39 is 40.1 Å². The fourth-order valence-corrected chi connectivity index (χ4v) is 10.2. The van der Waals surface area contributed by atoms with Crippen LogP contribution in [0.2, 0.25) is 0 Å². The molecular weight excluding hydrogens is 520 g/mol. The maximum absolute atomic E-state index is 11.8. The average molecular weight is 568 g/mol. The van der Waals surface area contributed by atoms with E-state index in [-0.39, 0.29) is 17.3 Å². The molecule has 4 aliphatic carbocycles. The van der Waals surface area contributed by atoms with E-state index in [9.17, 15) is 22.9 Å². The van der Waals surface area contributed by atoms with Crippen LogP contribution >= 0.6 is 0 Å². The molecule has 0 unspecified atom stereocenters. The molecule has 4 fully saturated rings. The topological polar surface area (TPSA) is 125 Å². The SMILES string of the molecule is CC(=O)O[C@@H]1[C@@H](OS(=O)(=O)[O-])[C@@H]2CC=C3[C@@H]4CC[C@H]([C@H](C)[C@@H]5O[C@H]5[C@H](C)C(C)C)[C@@]4(C)CC[C@@H]3[C@@]2(C)C[C@H]1O. The van der Waals surface area contributed by atoms with Gasteiger partial charge < -0.3 is 19.1 Å². The minimum absolute atomic E-state index is 0.155. The number of carbonyl (C=O) groups excluding carboxylic acids is 1. The minimum Gasteiger partial charge on any atom is -0.726 e. The maximum Gasteiger partial charge on any atom is 0.303 e. The molecule has 1 heterocycles. The van der Waals surface area contributed by atoms with Crippen molar-refractivity contribution in [1.29, 1.82) is 0 Å². The van der Waals surface area contributed by atoms with Crippen LogP contribution in [0.1, 0.15) is 87.0 Å². The monoisotopic (exact) mass is 567 g/mol. The van der Waals surface area contributed by atoms with Gasteiger partial charge in [0.25, 0.3) is 0 Å². The largest absolute Gasteiger partial charge is 0.726 e. The summed E-state index contributed by atoms with van der Waals surface area (Å²) in [5.74, 6) is 1.82. The Hall–Kier alpha value is -1.00. The molecule has 9 heteroatoms. The van der Waals surface area contributed by atoms with Gasteiger partial charge in [-0.2, -0.15) is 0 Å². The highest BCUT2D eigenvalue weighted by Crippen LogP contribution is 2.68. The van der Waals surface area contributed by atoms with Crippen LogP contribution in [-0.4, -0.2) is 54.6 Å². The second-order valence-corrected chi connectivity index (χ2v) is 15.2. The van der Waals surface area contributed by atoms with Crippen molar-refractivity contribution in [2.45, 2.75) is 118 Å². The molecule has 39 heavy (non-hydrogen) atoms. The summed E-state index contributed by atoms with van der Waals surface area (Å²) in [5.41, 5.74) is 1.13. The summed E-state index contributed by atoms with van der Waals surface area (Å²) in [4.78, 5) is 11.8. The zero-order valence-electron chi connectivity index (χ0n) is 24.5. The molecule has 0 radical (unpaired) electrons. The number of fused-ring (bicyclic) bond motifs is 5. The highest BCUT2D eigenvalue weighted by atomic mass is 32.3. The highest BCUT2D eigenvalue weighted by molar-refractivity contribution is 7.80. The summed E-state index contributed by atoms with van der Waals surface area (Å²) in [5, 5.41) is 11.1. The summed E-state index contributed by atoms with van der Waals surface area (Å²) in [6.45, 7) is 15.0. The average Bonchev–Trinajstić information content (AvgIpc) is 3.53. The van der Waals surface area contributed by atoms with E-state index in [0.717, 1.165) is 19.3 Å². The highest BCUT2D eigenvalue weighted by Gasteiger charge is 2.63. The van der Waals surface area contributed by atoms with Crippen molar-refractivity contribution >= 4 is 16.4 Å². The number of hydrogen-bond acceptors (Lipinski definition) is 8. The van der Waals surface area contributed by atoms with E-state index >= 15 is 0 Å². The molecule has 13 atom stereocenters. The summed E-state index contributed by atoms with van der Waals surface area (Å²) < 4.78 is 51.8. The van der Waals surface area contributed by atoms with Crippen LogP contribution in [0, 0.1) is 52.3 Å². The second kappa shape index (κ2) is 10.1. The van der Waals surface area contributed by atoms with Gasteiger partial charge in [-0.3, -0.25) is 8.98 Å². The fourth-order valence-electron chi connectivity index (χ4n) is 9.69. The van der Waals surface area contributed by atoms with Crippen molar-refractivity contribution in [3.8, 4) is 0 Å². The van der Waals surface area contributed by atoms with Crippen molar-refractivity contribution < 1.29 is 36.5 Å². The Morgan fingerprint density at radius 2 is 1.74 bits per heavy atom. The Balaban J connectivity index is 1.41. The van der Waals surface area contributed by atoms with Crippen LogP contribution in [0.15, 0.2) is 11.6 Å². The number of ether oxygens (including phenoxy) is 2. The van der Waals surface area contributed by atoms with Gasteiger partial charge in [0, 0.05) is 6.92 Å². The Kier molecular flexibility index (Phi) is 7.62. The maximum atomic E-state index is 11.8. The molecule has 3 saturated carbocycles. The van der Waals surface area contributed by atoms with Crippen molar-refractivity contribution in [3.05, 3.63) is 11.6 Å². The van der Waals surface area contributed by atoms with E-state index in [1.807, 2.05) is 0 Å². The first kappa shape index (κ1) is 29.5. The Morgan fingerprint density at radius 3 is 2.36 bits per heavy atom. The molecule has 1 N–H and O–H groups in total. The standard InChI is InChI=1S/C30H48O8S/c1-15(2)16(3)25-26(37-25)17(4)20-10-11-21-19-8-9-23-27(38-39(33,34)35)28(36-18(5)31)24(32)14-30(23,7)22(19)12-13-29(20,21)6/h8,15-17,20-28,32H,9-14H2,1-7H3,(H,33,34,35)/p-1/t16-,17+,20-,21+,22+,23+,24-,25+,26+,27+,28+,29-,30-/m1/s1. The molecular formula is C30H47O8S-. The van der Waals surface area contributed by atoms with Gasteiger partial charge in [0.15, 0.2) is 6.10 Å². The lowest BCUT2D eigenvalue weighted by atomic mass is 9.47. The number of allylic oxidation sites excluding steroid dienone is 2. The Morgan fingerprint density at radius 1 is 1.08 bits per heavy atom. The van der Waals surface area contributed by atoms with Crippen LogP contribution in [-0.2, 0) is 28.9 Å². The lowest BCUT2D eigenvalue weighted by molar-refractivity contribution is -0.193. The molecule has 1 aliphatic heterocycles. The number of carbonyl (C=O) groups is 1.